The number of fused-ring (bicyclic) bond motifs is 3. The number of rotatable bonds is 4. The van der Waals surface area contributed by atoms with Gasteiger partial charge in [-0.3, -0.25) is 0 Å². The Bertz CT molecular complexity index is 1380. The summed E-state index contributed by atoms with van der Waals surface area (Å²) in [6.07, 6.45) is 0. The van der Waals surface area contributed by atoms with Crippen LogP contribution < -0.4 is 15.7 Å². The Kier molecular flexibility index (Phi) is 4.06. The molecule has 3 aromatic carbocycles. The van der Waals surface area contributed by atoms with Crippen molar-refractivity contribution < 1.29 is 9.15 Å². The highest BCUT2D eigenvalue weighted by atomic mass is 16.5. The number of aromatic amines is 1. The average molecular weight is 382 g/mol. The van der Waals surface area contributed by atoms with Crippen molar-refractivity contribution in [1.29, 1.82) is 0 Å². The van der Waals surface area contributed by atoms with E-state index >= 15 is 0 Å². The van der Waals surface area contributed by atoms with Gasteiger partial charge in [0.2, 0.25) is 0 Å². The summed E-state index contributed by atoms with van der Waals surface area (Å²) in [6.45, 7) is 0. The first-order valence-corrected chi connectivity index (χ1v) is 9.29. The molecule has 0 atom stereocenters. The largest absolute Gasteiger partial charge is 0.495 e. The Morgan fingerprint density at radius 3 is 2.45 bits per heavy atom. The molecule has 2 N–H and O–H groups in total. The van der Waals surface area contributed by atoms with Crippen LogP contribution >= 0.6 is 0 Å². The lowest BCUT2D eigenvalue weighted by atomic mass is 10.1. The molecule has 29 heavy (non-hydrogen) atoms. The third-order valence-corrected chi connectivity index (χ3v) is 4.99. The second-order valence-electron chi connectivity index (χ2n) is 6.70. The van der Waals surface area contributed by atoms with E-state index in [1.54, 1.807) is 13.2 Å². The minimum atomic E-state index is -0.394. The van der Waals surface area contributed by atoms with Gasteiger partial charge < -0.3 is 19.5 Å². The zero-order chi connectivity index (χ0) is 19.8. The molecule has 0 radical (unpaired) electrons. The first-order chi connectivity index (χ1) is 14.3. The third-order valence-electron chi connectivity index (χ3n) is 4.99. The van der Waals surface area contributed by atoms with Crippen molar-refractivity contribution in [3.8, 4) is 17.0 Å². The Balaban J connectivity index is 1.85. The first kappa shape index (κ1) is 17.1. The molecule has 2 aromatic heterocycles. The van der Waals surface area contributed by atoms with Crippen molar-refractivity contribution in [2.75, 3.05) is 12.4 Å². The quantitative estimate of drug-likeness (QED) is 0.392. The maximum atomic E-state index is 12.9. The number of benzene rings is 3. The maximum Gasteiger partial charge on any atom is 0.347 e. The van der Waals surface area contributed by atoms with Gasteiger partial charge in [-0.2, -0.15) is 0 Å². The predicted molar refractivity (Wildman–Crippen MR) is 116 cm³/mol. The fraction of sp³-hybridized carbons (Fsp3) is 0.0417. The summed E-state index contributed by atoms with van der Waals surface area (Å²) in [5, 5.41) is 4.74. The summed E-state index contributed by atoms with van der Waals surface area (Å²) in [6, 6.07) is 25.0. The van der Waals surface area contributed by atoms with Crippen LogP contribution in [0.4, 0.5) is 11.4 Å². The van der Waals surface area contributed by atoms with Gasteiger partial charge in [-0.15, -0.1) is 0 Å². The molecule has 142 valence electrons. The van der Waals surface area contributed by atoms with E-state index < -0.39 is 5.63 Å². The van der Waals surface area contributed by atoms with Crippen LogP contribution in [0.5, 0.6) is 5.75 Å². The molecule has 5 rings (SSSR count). The molecular formula is C24H18N2O3. The number of H-pyrrole nitrogens is 1. The summed E-state index contributed by atoms with van der Waals surface area (Å²) in [5.41, 5.74) is 4.10. The fourth-order valence-electron chi connectivity index (χ4n) is 3.65. The van der Waals surface area contributed by atoms with E-state index in [9.17, 15) is 4.79 Å². The molecule has 0 aliphatic heterocycles. The minimum absolute atomic E-state index is 0.394. The van der Waals surface area contributed by atoms with Gasteiger partial charge in [0.25, 0.3) is 0 Å². The number of ether oxygens (including phenoxy) is 1. The topological polar surface area (TPSA) is 67.3 Å². The van der Waals surface area contributed by atoms with E-state index in [0.29, 0.717) is 22.4 Å². The van der Waals surface area contributed by atoms with Gasteiger partial charge in [0.1, 0.15) is 16.7 Å². The van der Waals surface area contributed by atoms with Crippen LogP contribution in [0.3, 0.4) is 0 Å². The zero-order valence-electron chi connectivity index (χ0n) is 15.7. The van der Waals surface area contributed by atoms with Gasteiger partial charge in [0, 0.05) is 10.9 Å². The van der Waals surface area contributed by atoms with Gasteiger partial charge in [-0.1, -0.05) is 54.6 Å². The van der Waals surface area contributed by atoms with E-state index in [2.05, 4.69) is 10.3 Å². The van der Waals surface area contributed by atoms with Crippen LogP contribution in [0.15, 0.2) is 88.1 Å². The number of hydrogen-bond donors (Lipinski definition) is 2. The van der Waals surface area contributed by atoms with Crippen molar-refractivity contribution in [1.82, 2.24) is 4.98 Å². The Hall–Kier alpha value is -3.99. The average Bonchev–Trinajstić information content (AvgIpc) is 3.15. The van der Waals surface area contributed by atoms with E-state index in [1.807, 2.05) is 72.8 Å². The highest BCUT2D eigenvalue weighted by Gasteiger charge is 2.20. The van der Waals surface area contributed by atoms with Crippen molar-refractivity contribution in [3.63, 3.8) is 0 Å². The number of methoxy groups -OCH3 is 1. The van der Waals surface area contributed by atoms with E-state index in [0.717, 1.165) is 27.8 Å². The lowest BCUT2D eigenvalue weighted by Crippen LogP contribution is -2.02. The minimum Gasteiger partial charge on any atom is -0.495 e. The van der Waals surface area contributed by atoms with Crippen molar-refractivity contribution >= 4 is 33.2 Å². The van der Waals surface area contributed by atoms with Crippen LogP contribution in [-0.4, -0.2) is 12.1 Å². The zero-order valence-corrected chi connectivity index (χ0v) is 15.7. The molecule has 0 aliphatic rings. The lowest BCUT2D eigenvalue weighted by molar-refractivity contribution is 0.417. The second kappa shape index (κ2) is 6.87. The fourth-order valence-corrected chi connectivity index (χ4v) is 3.65. The number of anilines is 2. The van der Waals surface area contributed by atoms with Crippen LogP contribution in [-0.2, 0) is 0 Å². The molecule has 0 unspecified atom stereocenters. The highest BCUT2D eigenvalue weighted by molar-refractivity contribution is 6.12. The normalized spacial score (nSPS) is 11.1. The van der Waals surface area contributed by atoms with Crippen LogP contribution in [0.1, 0.15) is 0 Å². The lowest BCUT2D eigenvalue weighted by Gasteiger charge is -2.12. The summed E-state index contributed by atoms with van der Waals surface area (Å²) in [5.74, 6) is 0.686. The molecule has 0 amide bonds. The highest BCUT2D eigenvalue weighted by Crippen LogP contribution is 2.39. The summed E-state index contributed by atoms with van der Waals surface area (Å²) in [4.78, 5) is 16.4. The Morgan fingerprint density at radius 1 is 0.897 bits per heavy atom. The summed E-state index contributed by atoms with van der Waals surface area (Å²) >= 11 is 0. The van der Waals surface area contributed by atoms with Crippen molar-refractivity contribution in [2.45, 2.75) is 0 Å². The van der Waals surface area contributed by atoms with Gasteiger partial charge in [0.05, 0.1) is 29.7 Å². The van der Waals surface area contributed by atoms with Crippen LogP contribution in [0.2, 0.25) is 0 Å². The molecule has 0 spiro atoms. The molecular weight excluding hydrogens is 364 g/mol. The predicted octanol–water partition coefficient (Wildman–Crippen LogP) is 5.69. The van der Waals surface area contributed by atoms with Crippen LogP contribution in [0.25, 0.3) is 33.1 Å². The molecule has 0 fully saturated rings. The van der Waals surface area contributed by atoms with Crippen molar-refractivity contribution in [3.05, 3.63) is 89.3 Å². The number of hydrogen-bond acceptors (Lipinski definition) is 4. The second-order valence-corrected chi connectivity index (χ2v) is 6.70. The smallest absolute Gasteiger partial charge is 0.347 e. The molecule has 5 aromatic rings. The molecule has 2 heterocycles. The molecule has 5 heteroatoms. The van der Waals surface area contributed by atoms with Gasteiger partial charge in [0.15, 0.2) is 0 Å². The molecule has 0 saturated heterocycles. The standard InChI is InChI=1S/C24H18N2O3/c1-28-19-14-8-6-12-17(19)25-23-20-22(26-21(23)15-9-3-2-4-10-15)16-11-5-7-13-18(16)29-24(20)27/h2-14,25-26H,1H3. The summed E-state index contributed by atoms with van der Waals surface area (Å²) in [7, 11) is 1.62. The van der Waals surface area contributed by atoms with Crippen LogP contribution in [0, 0.1) is 0 Å². The van der Waals surface area contributed by atoms with Gasteiger partial charge in [-0.05, 0) is 24.3 Å². The third kappa shape index (κ3) is 2.84. The number of para-hydroxylation sites is 3. The molecule has 0 saturated carbocycles. The Morgan fingerprint density at radius 2 is 1.62 bits per heavy atom. The van der Waals surface area contributed by atoms with E-state index in [1.165, 1.54) is 0 Å². The number of aromatic nitrogens is 1. The first-order valence-electron chi connectivity index (χ1n) is 9.29. The SMILES string of the molecule is COc1ccccc1Nc1c(-c2ccccc2)[nH]c2c1c(=O)oc1ccccc12. The van der Waals surface area contributed by atoms with Gasteiger partial charge in [-0.25, -0.2) is 4.79 Å². The van der Waals surface area contributed by atoms with Gasteiger partial charge >= 0.3 is 5.63 Å². The number of nitrogens with one attached hydrogen (secondary N) is 2. The molecule has 0 aliphatic carbocycles. The van der Waals surface area contributed by atoms with E-state index in [-0.39, 0.29) is 0 Å². The Labute approximate surface area is 166 Å². The summed E-state index contributed by atoms with van der Waals surface area (Å²) < 4.78 is 11.1. The monoisotopic (exact) mass is 382 g/mol. The maximum absolute atomic E-state index is 12.9. The molecule has 0 bridgehead atoms. The molecule has 5 nitrogen and oxygen atoms in total. The van der Waals surface area contributed by atoms with E-state index in [4.69, 9.17) is 9.15 Å². The van der Waals surface area contributed by atoms with Crippen molar-refractivity contribution in [2.24, 2.45) is 0 Å².